The Morgan fingerprint density at radius 2 is 2.00 bits per heavy atom. The number of aromatic amines is 1. The second kappa shape index (κ2) is 6.30. The Labute approximate surface area is 137 Å². The molecule has 0 saturated heterocycles. The predicted molar refractivity (Wildman–Crippen MR) is 87.8 cm³/mol. The summed E-state index contributed by atoms with van der Waals surface area (Å²) in [4.78, 5) is 13.5. The van der Waals surface area contributed by atoms with Crippen LogP contribution in [-0.2, 0) is 6.61 Å². The van der Waals surface area contributed by atoms with Crippen molar-refractivity contribution in [1.82, 2.24) is 10.1 Å². The van der Waals surface area contributed by atoms with Crippen molar-refractivity contribution in [1.29, 1.82) is 0 Å². The minimum absolute atomic E-state index is 0.413. The maximum Gasteiger partial charge on any atom is 0.439 e. The van der Waals surface area contributed by atoms with Crippen LogP contribution in [0.3, 0.4) is 0 Å². The summed E-state index contributed by atoms with van der Waals surface area (Å²) >= 11 is 6.09. The van der Waals surface area contributed by atoms with Crippen LogP contribution in [0.2, 0.25) is 5.02 Å². The Hall–Kier alpha value is -2.53. The molecule has 0 bridgehead atoms. The third kappa shape index (κ3) is 3.46. The molecule has 0 amide bonds. The van der Waals surface area contributed by atoms with Crippen LogP contribution in [0, 0.1) is 13.8 Å². The van der Waals surface area contributed by atoms with E-state index in [2.05, 4.69) is 14.7 Å². The van der Waals surface area contributed by atoms with Crippen LogP contribution in [0.5, 0.6) is 5.75 Å². The highest BCUT2D eigenvalue weighted by Gasteiger charge is 2.07. The number of nitrogens with zero attached hydrogens (tertiary/aromatic N) is 1. The van der Waals surface area contributed by atoms with Crippen LogP contribution in [0.1, 0.15) is 16.7 Å². The van der Waals surface area contributed by atoms with Crippen molar-refractivity contribution in [2.45, 2.75) is 20.5 Å². The summed E-state index contributed by atoms with van der Waals surface area (Å²) in [6, 6.07) is 11.4. The zero-order chi connectivity index (χ0) is 16.4. The van der Waals surface area contributed by atoms with E-state index < -0.39 is 5.76 Å². The lowest BCUT2D eigenvalue weighted by atomic mass is 10.1. The average Bonchev–Trinajstić information content (AvgIpc) is 2.96. The number of nitrogens with one attached hydrogen (secondary N) is 1. The van der Waals surface area contributed by atoms with Crippen molar-refractivity contribution in [2.75, 3.05) is 0 Å². The number of ether oxygens (including phenoxy) is 1. The molecule has 23 heavy (non-hydrogen) atoms. The number of rotatable bonds is 4. The summed E-state index contributed by atoms with van der Waals surface area (Å²) in [7, 11) is 0. The zero-order valence-electron chi connectivity index (χ0n) is 12.7. The van der Waals surface area contributed by atoms with Crippen LogP contribution < -0.4 is 10.5 Å². The van der Waals surface area contributed by atoms with Crippen molar-refractivity contribution >= 4 is 11.6 Å². The maximum absolute atomic E-state index is 11.0. The molecule has 0 aliphatic carbocycles. The first-order chi connectivity index (χ1) is 11.0. The lowest BCUT2D eigenvalue weighted by Gasteiger charge is -2.10. The van der Waals surface area contributed by atoms with E-state index in [4.69, 9.17) is 16.3 Å². The Balaban J connectivity index is 1.76. The first-order valence-corrected chi connectivity index (χ1v) is 7.45. The molecular formula is C17H15ClN2O3. The van der Waals surface area contributed by atoms with E-state index in [-0.39, 0.29) is 0 Å². The largest absolute Gasteiger partial charge is 0.489 e. The normalized spacial score (nSPS) is 10.7. The van der Waals surface area contributed by atoms with Gasteiger partial charge in [0.05, 0.1) is 0 Å². The number of hydrogen-bond donors (Lipinski definition) is 1. The highest BCUT2D eigenvalue weighted by Crippen LogP contribution is 2.24. The molecule has 1 N–H and O–H groups in total. The zero-order valence-corrected chi connectivity index (χ0v) is 13.5. The molecule has 1 aromatic heterocycles. The second-order valence-electron chi connectivity index (χ2n) is 5.28. The molecule has 0 saturated carbocycles. The fourth-order valence-corrected chi connectivity index (χ4v) is 2.35. The number of benzene rings is 2. The number of H-pyrrole nitrogens is 1. The highest BCUT2D eigenvalue weighted by molar-refractivity contribution is 6.31. The van der Waals surface area contributed by atoms with Gasteiger partial charge in [-0.1, -0.05) is 35.0 Å². The number of halogens is 1. The van der Waals surface area contributed by atoms with Crippen LogP contribution in [-0.4, -0.2) is 10.1 Å². The SMILES string of the molecule is Cc1ccc(OCc2ccc(-c3noc(=O)[nH]3)cc2C)cc1Cl. The fourth-order valence-electron chi connectivity index (χ4n) is 2.18. The quantitative estimate of drug-likeness (QED) is 0.788. The lowest BCUT2D eigenvalue weighted by Crippen LogP contribution is -1.99. The van der Waals surface area contributed by atoms with Gasteiger partial charge in [0.1, 0.15) is 12.4 Å². The third-order valence-corrected chi connectivity index (χ3v) is 4.00. The maximum atomic E-state index is 11.0. The minimum atomic E-state index is -0.568. The van der Waals surface area contributed by atoms with E-state index in [0.29, 0.717) is 17.5 Å². The van der Waals surface area contributed by atoms with Crippen LogP contribution in [0.15, 0.2) is 45.7 Å². The van der Waals surface area contributed by atoms with Gasteiger partial charge in [-0.3, -0.25) is 9.51 Å². The van der Waals surface area contributed by atoms with Crippen molar-refractivity contribution in [2.24, 2.45) is 0 Å². The van der Waals surface area contributed by atoms with Crippen molar-refractivity contribution < 1.29 is 9.26 Å². The van der Waals surface area contributed by atoms with Crippen LogP contribution in [0.25, 0.3) is 11.4 Å². The van der Waals surface area contributed by atoms with E-state index in [1.165, 1.54) is 0 Å². The van der Waals surface area contributed by atoms with Gasteiger partial charge in [0, 0.05) is 10.6 Å². The van der Waals surface area contributed by atoms with Gasteiger partial charge in [-0.05, 0) is 48.7 Å². The molecule has 2 aromatic carbocycles. The molecule has 1 heterocycles. The topological polar surface area (TPSA) is 68.1 Å². The first kappa shape index (κ1) is 15.4. The van der Waals surface area contributed by atoms with Crippen molar-refractivity contribution in [3.05, 3.63) is 68.7 Å². The third-order valence-electron chi connectivity index (χ3n) is 3.59. The fraction of sp³-hybridized carbons (Fsp3) is 0.176. The highest BCUT2D eigenvalue weighted by atomic mass is 35.5. The van der Waals surface area contributed by atoms with Gasteiger partial charge in [0.15, 0.2) is 5.82 Å². The average molecular weight is 331 g/mol. The Bertz CT molecular complexity index is 899. The molecule has 0 fully saturated rings. The Morgan fingerprint density at radius 1 is 1.17 bits per heavy atom. The molecule has 118 valence electrons. The van der Waals surface area contributed by atoms with E-state index in [1.807, 2.05) is 44.2 Å². The summed E-state index contributed by atoms with van der Waals surface area (Å²) in [5.41, 5.74) is 3.87. The van der Waals surface area contributed by atoms with Gasteiger partial charge in [-0.25, -0.2) is 4.79 Å². The second-order valence-corrected chi connectivity index (χ2v) is 5.69. The standard InChI is InChI=1S/C17H15ClN2O3/c1-10-3-6-14(8-15(10)18)22-9-13-5-4-12(7-11(13)2)16-19-17(21)23-20-16/h3-8H,9H2,1-2H3,(H,19,20,21). The van der Waals surface area contributed by atoms with Gasteiger partial charge >= 0.3 is 5.76 Å². The molecule has 0 radical (unpaired) electrons. The Morgan fingerprint density at radius 3 is 2.65 bits per heavy atom. The molecule has 3 rings (SSSR count). The molecular weight excluding hydrogens is 316 g/mol. The molecule has 0 unspecified atom stereocenters. The van der Waals surface area contributed by atoms with Crippen LogP contribution >= 0.6 is 11.6 Å². The van der Waals surface area contributed by atoms with E-state index in [1.54, 1.807) is 6.07 Å². The number of hydrogen-bond acceptors (Lipinski definition) is 4. The molecule has 0 aliphatic heterocycles. The predicted octanol–water partition coefficient (Wildman–Crippen LogP) is 3.88. The van der Waals surface area contributed by atoms with Crippen molar-refractivity contribution in [3.63, 3.8) is 0 Å². The van der Waals surface area contributed by atoms with Gasteiger partial charge in [-0.2, -0.15) is 0 Å². The molecule has 0 aliphatic rings. The van der Waals surface area contributed by atoms with E-state index in [0.717, 1.165) is 28.0 Å². The summed E-state index contributed by atoms with van der Waals surface area (Å²) in [6.07, 6.45) is 0. The van der Waals surface area contributed by atoms with Gasteiger partial charge in [0.25, 0.3) is 0 Å². The minimum Gasteiger partial charge on any atom is -0.489 e. The molecule has 5 nitrogen and oxygen atoms in total. The summed E-state index contributed by atoms with van der Waals surface area (Å²) in [6.45, 7) is 4.35. The van der Waals surface area contributed by atoms with E-state index >= 15 is 0 Å². The molecule has 3 aromatic rings. The molecule has 0 spiro atoms. The number of aromatic nitrogens is 2. The Kier molecular flexibility index (Phi) is 4.21. The summed E-state index contributed by atoms with van der Waals surface area (Å²) in [5.74, 6) is 0.571. The number of aryl methyl sites for hydroxylation is 2. The summed E-state index contributed by atoms with van der Waals surface area (Å²) < 4.78 is 10.3. The first-order valence-electron chi connectivity index (χ1n) is 7.08. The molecule has 0 atom stereocenters. The molecule has 6 heteroatoms. The van der Waals surface area contributed by atoms with Gasteiger partial charge in [-0.15, -0.1) is 0 Å². The smallest absolute Gasteiger partial charge is 0.439 e. The van der Waals surface area contributed by atoms with Gasteiger partial charge in [0.2, 0.25) is 0 Å². The monoisotopic (exact) mass is 330 g/mol. The van der Waals surface area contributed by atoms with Gasteiger partial charge < -0.3 is 4.74 Å². The summed E-state index contributed by atoms with van der Waals surface area (Å²) in [5, 5.41) is 4.36. The van der Waals surface area contributed by atoms with Crippen LogP contribution in [0.4, 0.5) is 0 Å². The van der Waals surface area contributed by atoms with E-state index in [9.17, 15) is 4.79 Å². The lowest BCUT2D eigenvalue weighted by molar-refractivity contribution is 0.305. The van der Waals surface area contributed by atoms with Crippen molar-refractivity contribution in [3.8, 4) is 17.1 Å².